The van der Waals surface area contributed by atoms with Gasteiger partial charge in [-0.3, -0.25) is 19.5 Å². The largest absolute Gasteiger partial charge is 0.461 e. The van der Waals surface area contributed by atoms with E-state index in [9.17, 15) is 14.4 Å². The van der Waals surface area contributed by atoms with Crippen LogP contribution in [0.5, 0.6) is 0 Å². The Kier molecular flexibility index (Phi) is 7.62. The molecule has 2 amide bonds. The third-order valence-corrected chi connectivity index (χ3v) is 5.49. The van der Waals surface area contributed by atoms with Gasteiger partial charge in [-0.2, -0.15) is 5.10 Å². The summed E-state index contributed by atoms with van der Waals surface area (Å²) >= 11 is 0. The second-order valence-corrected chi connectivity index (χ2v) is 7.91. The van der Waals surface area contributed by atoms with Gasteiger partial charge < -0.3 is 14.5 Å². The summed E-state index contributed by atoms with van der Waals surface area (Å²) in [5, 5.41) is 6.07. The summed E-state index contributed by atoms with van der Waals surface area (Å²) in [5.41, 5.74) is 1.02. The second-order valence-electron chi connectivity index (χ2n) is 7.91. The number of anilines is 1. The highest BCUT2D eigenvalue weighted by atomic mass is 16.5. The number of ether oxygens (including phenoxy) is 1. The lowest BCUT2D eigenvalue weighted by Crippen LogP contribution is -2.47. The average Bonchev–Trinajstić information content (AvgIpc) is 3.08. The number of para-hydroxylation sites is 1. The van der Waals surface area contributed by atoms with Gasteiger partial charge in [-0.25, -0.2) is 4.79 Å². The summed E-state index contributed by atoms with van der Waals surface area (Å²) in [5.74, 6) is -0.492. The predicted octanol–water partition coefficient (Wildman–Crippen LogP) is 0.807. The van der Waals surface area contributed by atoms with Gasteiger partial charge in [0.2, 0.25) is 11.8 Å². The fourth-order valence-electron chi connectivity index (χ4n) is 3.75. The van der Waals surface area contributed by atoms with E-state index in [1.165, 1.54) is 0 Å². The highest BCUT2D eigenvalue weighted by Crippen LogP contribution is 2.26. The number of hydrogen-bond donors (Lipinski definition) is 0. The molecule has 1 atom stereocenters. The van der Waals surface area contributed by atoms with Crippen LogP contribution in [0.4, 0.5) is 5.69 Å². The molecule has 1 unspecified atom stereocenters. The van der Waals surface area contributed by atoms with Gasteiger partial charge in [0.1, 0.15) is 11.8 Å². The molecule has 31 heavy (non-hydrogen) atoms. The molecule has 0 N–H and O–H groups in total. The van der Waals surface area contributed by atoms with E-state index in [4.69, 9.17) is 4.74 Å². The number of hydrazone groups is 1. The Morgan fingerprint density at radius 3 is 2.52 bits per heavy atom. The Balaban J connectivity index is 1.71. The van der Waals surface area contributed by atoms with Crippen molar-refractivity contribution in [3.63, 3.8) is 0 Å². The minimum absolute atomic E-state index is 0.0540. The van der Waals surface area contributed by atoms with Gasteiger partial charge >= 0.3 is 5.97 Å². The van der Waals surface area contributed by atoms with E-state index in [2.05, 4.69) is 10.0 Å². The third-order valence-electron chi connectivity index (χ3n) is 5.49. The van der Waals surface area contributed by atoms with Crippen molar-refractivity contribution >= 4 is 29.2 Å². The quantitative estimate of drug-likeness (QED) is 0.622. The van der Waals surface area contributed by atoms with Gasteiger partial charge in [-0.1, -0.05) is 18.2 Å². The minimum Gasteiger partial charge on any atom is -0.461 e. The zero-order valence-corrected chi connectivity index (χ0v) is 18.5. The maximum Gasteiger partial charge on any atom is 0.354 e. The molecule has 3 rings (SSSR count). The number of esters is 1. The van der Waals surface area contributed by atoms with E-state index >= 15 is 0 Å². The normalized spacial score (nSPS) is 19.6. The number of carbonyl (C=O) groups is 3. The first-order chi connectivity index (χ1) is 14.9. The summed E-state index contributed by atoms with van der Waals surface area (Å²) in [6.07, 6.45) is 1.00. The molecule has 0 aromatic heterocycles. The van der Waals surface area contributed by atoms with Gasteiger partial charge in [0, 0.05) is 46.7 Å². The molecule has 0 aliphatic carbocycles. The molecule has 1 aromatic rings. The van der Waals surface area contributed by atoms with Crippen LogP contribution >= 0.6 is 0 Å². The van der Waals surface area contributed by atoms with Gasteiger partial charge in [-0.15, -0.1) is 0 Å². The van der Waals surface area contributed by atoms with Gasteiger partial charge in [-0.05, 0) is 25.5 Å². The summed E-state index contributed by atoms with van der Waals surface area (Å²) < 4.78 is 5.11. The van der Waals surface area contributed by atoms with E-state index in [0.717, 1.165) is 18.7 Å². The number of likely N-dealkylation sites (N-methyl/N-ethyl adjacent to an activating group) is 1. The van der Waals surface area contributed by atoms with Crippen LogP contribution in [0.2, 0.25) is 0 Å². The molecule has 2 heterocycles. The fraction of sp³-hybridized carbons (Fsp3) is 0.545. The van der Waals surface area contributed by atoms with Crippen molar-refractivity contribution in [3.8, 4) is 0 Å². The molecule has 0 radical (unpaired) electrons. The molecule has 1 fully saturated rings. The number of hydrogen-bond acceptors (Lipinski definition) is 7. The smallest absolute Gasteiger partial charge is 0.354 e. The molecule has 1 saturated heterocycles. The van der Waals surface area contributed by atoms with Gasteiger partial charge in [0.25, 0.3) is 0 Å². The summed E-state index contributed by atoms with van der Waals surface area (Å²) in [7, 11) is 3.49. The van der Waals surface area contributed by atoms with Crippen molar-refractivity contribution in [3.05, 3.63) is 30.3 Å². The van der Waals surface area contributed by atoms with E-state index in [1.807, 2.05) is 35.2 Å². The number of carbonyl (C=O) groups excluding carboxylic acids is 3. The zero-order chi connectivity index (χ0) is 22.4. The van der Waals surface area contributed by atoms with E-state index < -0.39 is 12.0 Å². The Morgan fingerprint density at radius 2 is 1.84 bits per heavy atom. The molecule has 9 nitrogen and oxygen atoms in total. The molecule has 1 aromatic carbocycles. The molecule has 9 heteroatoms. The Morgan fingerprint density at radius 1 is 1.10 bits per heavy atom. The first-order valence-corrected chi connectivity index (χ1v) is 10.7. The molecule has 2 aliphatic rings. The fourth-order valence-corrected chi connectivity index (χ4v) is 3.75. The van der Waals surface area contributed by atoms with E-state index in [1.54, 1.807) is 30.9 Å². The van der Waals surface area contributed by atoms with Crippen LogP contribution in [0.25, 0.3) is 0 Å². The predicted molar refractivity (Wildman–Crippen MR) is 118 cm³/mol. The van der Waals surface area contributed by atoms with Crippen LogP contribution in [0.1, 0.15) is 19.8 Å². The SMILES string of the molecule is CCOC(=O)C1=NN(c2ccccc2)C(C(=O)N2CCCN(CC(=O)N(C)C)CC2)C1. The molecule has 0 saturated carbocycles. The molecule has 0 bridgehead atoms. The topological polar surface area (TPSA) is 85.8 Å². The molecule has 168 valence electrons. The van der Waals surface area contributed by atoms with Crippen molar-refractivity contribution in [2.45, 2.75) is 25.8 Å². The summed E-state index contributed by atoms with van der Waals surface area (Å²) in [6.45, 7) is 4.90. The molecular weight excluding hydrogens is 398 g/mol. The van der Waals surface area contributed by atoms with Crippen molar-refractivity contribution in [1.29, 1.82) is 0 Å². The lowest BCUT2D eigenvalue weighted by atomic mass is 10.1. The molecular formula is C22H31N5O4. The van der Waals surface area contributed by atoms with Crippen molar-refractivity contribution in [2.24, 2.45) is 5.10 Å². The highest BCUT2D eigenvalue weighted by molar-refractivity contribution is 6.38. The number of benzene rings is 1. The average molecular weight is 430 g/mol. The standard InChI is InChI=1S/C22H31N5O4/c1-4-31-22(30)18-15-19(27(23-18)17-9-6-5-7-10-17)21(29)26-12-8-11-25(13-14-26)16-20(28)24(2)3/h5-7,9-10,19H,4,8,11-16H2,1-3H3. The lowest BCUT2D eigenvalue weighted by molar-refractivity contribution is -0.135. The van der Waals surface area contributed by atoms with Crippen LogP contribution < -0.4 is 5.01 Å². The van der Waals surface area contributed by atoms with Crippen molar-refractivity contribution in [1.82, 2.24) is 14.7 Å². The monoisotopic (exact) mass is 429 g/mol. The second kappa shape index (κ2) is 10.4. The van der Waals surface area contributed by atoms with Crippen LogP contribution in [-0.2, 0) is 19.1 Å². The zero-order valence-electron chi connectivity index (χ0n) is 18.5. The third kappa shape index (κ3) is 5.61. The van der Waals surface area contributed by atoms with E-state index in [-0.39, 0.29) is 30.6 Å². The first-order valence-electron chi connectivity index (χ1n) is 10.7. The van der Waals surface area contributed by atoms with Gasteiger partial charge in [0.15, 0.2) is 0 Å². The maximum absolute atomic E-state index is 13.5. The van der Waals surface area contributed by atoms with Crippen LogP contribution in [0.15, 0.2) is 35.4 Å². The lowest BCUT2D eigenvalue weighted by Gasteiger charge is -2.29. The van der Waals surface area contributed by atoms with E-state index in [0.29, 0.717) is 26.2 Å². The van der Waals surface area contributed by atoms with Crippen LogP contribution in [0, 0.1) is 0 Å². The van der Waals surface area contributed by atoms with Crippen LogP contribution in [0.3, 0.4) is 0 Å². The first kappa shape index (κ1) is 22.7. The van der Waals surface area contributed by atoms with Crippen LogP contribution in [-0.4, -0.2) is 97.7 Å². The maximum atomic E-state index is 13.5. The summed E-state index contributed by atoms with van der Waals surface area (Å²) in [4.78, 5) is 43.3. The van der Waals surface area contributed by atoms with Crippen molar-refractivity contribution < 1.29 is 19.1 Å². The van der Waals surface area contributed by atoms with Gasteiger partial charge in [0.05, 0.1) is 18.8 Å². The molecule has 0 spiro atoms. The molecule has 2 aliphatic heterocycles. The Labute approximate surface area is 183 Å². The van der Waals surface area contributed by atoms with Crippen molar-refractivity contribution in [2.75, 3.05) is 58.4 Å². The Bertz CT molecular complexity index is 826. The Hall–Kier alpha value is -2.94. The number of amides is 2. The number of rotatable bonds is 6. The summed E-state index contributed by atoms with van der Waals surface area (Å²) in [6, 6.07) is 8.80. The highest BCUT2D eigenvalue weighted by Gasteiger charge is 2.39. The number of nitrogens with zero attached hydrogens (tertiary/aromatic N) is 5. The minimum atomic E-state index is -0.586.